The van der Waals surface area contributed by atoms with Crippen molar-refractivity contribution in [2.45, 2.75) is 64.0 Å². The number of nitrogens with one attached hydrogen (secondary N) is 1. The number of hydrogen-bond acceptors (Lipinski definition) is 2. The zero-order valence-corrected chi connectivity index (χ0v) is 13.1. The predicted molar refractivity (Wildman–Crippen MR) is 83.0 cm³/mol. The third-order valence-corrected chi connectivity index (χ3v) is 4.93. The van der Waals surface area contributed by atoms with Gasteiger partial charge in [-0.1, -0.05) is 32.3 Å². The second kappa shape index (κ2) is 5.96. The van der Waals surface area contributed by atoms with Crippen LogP contribution in [-0.2, 0) is 0 Å². The summed E-state index contributed by atoms with van der Waals surface area (Å²) in [6.07, 6.45) is 7.16. The summed E-state index contributed by atoms with van der Waals surface area (Å²) in [4.78, 5) is 0. The maximum Gasteiger partial charge on any atom is 0.127 e. The van der Waals surface area contributed by atoms with Gasteiger partial charge in [0.2, 0.25) is 0 Å². The van der Waals surface area contributed by atoms with Crippen LogP contribution >= 0.6 is 0 Å². The van der Waals surface area contributed by atoms with Crippen molar-refractivity contribution in [1.29, 1.82) is 0 Å². The highest BCUT2D eigenvalue weighted by Gasteiger charge is 2.39. The SMILES string of the molecule is CCCNC1CC(C)(CC2CCC2)Oc2cc(F)ccc21. The molecular weight excluding hydrogens is 265 g/mol. The van der Waals surface area contributed by atoms with Gasteiger partial charge in [0.25, 0.3) is 0 Å². The van der Waals surface area contributed by atoms with E-state index in [0.29, 0.717) is 0 Å². The first kappa shape index (κ1) is 14.8. The molecule has 2 nitrogen and oxygen atoms in total. The number of benzene rings is 1. The van der Waals surface area contributed by atoms with E-state index in [0.717, 1.165) is 43.0 Å². The monoisotopic (exact) mass is 291 g/mol. The quantitative estimate of drug-likeness (QED) is 0.856. The summed E-state index contributed by atoms with van der Waals surface area (Å²) < 4.78 is 19.8. The maximum atomic E-state index is 13.6. The van der Waals surface area contributed by atoms with Gasteiger partial charge in [-0.15, -0.1) is 0 Å². The van der Waals surface area contributed by atoms with E-state index < -0.39 is 0 Å². The molecule has 2 unspecified atom stereocenters. The van der Waals surface area contributed by atoms with Crippen LogP contribution in [-0.4, -0.2) is 12.1 Å². The molecule has 0 aromatic heterocycles. The van der Waals surface area contributed by atoms with Crippen LogP contribution < -0.4 is 10.1 Å². The Morgan fingerprint density at radius 3 is 2.86 bits per heavy atom. The van der Waals surface area contributed by atoms with Crippen LogP contribution in [0.3, 0.4) is 0 Å². The smallest absolute Gasteiger partial charge is 0.127 e. The molecule has 1 N–H and O–H groups in total. The summed E-state index contributed by atoms with van der Waals surface area (Å²) in [5, 5.41) is 3.61. The summed E-state index contributed by atoms with van der Waals surface area (Å²) in [5.41, 5.74) is 0.938. The van der Waals surface area contributed by atoms with Crippen molar-refractivity contribution in [3.8, 4) is 5.75 Å². The van der Waals surface area contributed by atoms with Crippen molar-refractivity contribution < 1.29 is 9.13 Å². The number of fused-ring (bicyclic) bond motifs is 1. The van der Waals surface area contributed by atoms with Gasteiger partial charge in [-0.05, 0) is 38.3 Å². The molecule has 3 heteroatoms. The molecule has 1 saturated carbocycles. The Labute approximate surface area is 127 Å². The number of ether oxygens (including phenoxy) is 1. The van der Waals surface area contributed by atoms with Gasteiger partial charge < -0.3 is 10.1 Å². The molecule has 0 spiro atoms. The molecular formula is C18H26FNO. The van der Waals surface area contributed by atoms with Gasteiger partial charge in [-0.3, -0.25) is 0 Å². The summed E-state index contributed by atoms with van der Waals surface area (Å²) in [6.45, 7) is 5.35. The molecule has 1 aliphatic carbocycles. The molecule has 1 fully saturated rings. The summed E-state index contributed by atoms with van der Waals surface area (Å²) in [5.74, 6) is 1.31. The average Bonchev–Trinajstić information content (AvgIpc) is 2.40. The lowest BCUT2D eigenvalue weighted by Gasteiger charge is -2.43. The first-order chi connectivity index (χ1) is 10.1. The topological polar surface area (TPSA) is 21.3 Å². The summed E-state index contributed by atoms with van der Waals surface area (Å²) in [6, 6.07) is 5.24. The highest BCUT2D eigenvalue weighted by molar-refractivity contribution is 5.39. The Hall–Kier alpha value is -1.09. The minimum absolute atomic E-state index is 0.169. The Bertz CT molecular complexity index is 500. The number of halogens is 1. The van der Waals surface area contributed by atoms with E-state index in [9.17, 15) is 4.39 Å². The molecule has 21 heavy (non-hydrogen) atoms. The van der Waals surface area contributed by atoms with Gasteiger partial charge in [0.15, 0.2) is 0 Å². The molecule has 2 aliphatic rings. The summed E-state index contributed by atoms with van der Waals surface area (Å²) in [7, 11) is 0. The van der Waals surface area contributed by atoms with E-state index >= 15 is 0 Å². The molecule has 1 aliphatic heterocycles. The van der Waals surface area contributed by atoms with E-state index in [1.165, 1.54) is 25.3 Å². The minimum Gasteiger partial charge on any atom is -0.487 e. The van der Waals surface area contributed by atoms with Crippen LogP contribution in [0.2, 0.25) is 0 Å². The van der Waals surface area contributed by atoms with E-state index in [1.54, 1.807) is 6.07 Å². The van der Waals surface area contributed by atoms with E-state index in [2.05, 4.69) is 19.2 Å². The van der Waals surface area contributed by atoms with E-state index in [4.69, 9.17) is 4.74 Å². The number of rotatable bonds is 5. The highest BCUT2D eigenvalue weighted by Crippen LogP contribution is 2.45. The third kappa shape index (κ3) is 3.23. The zero-order chi connectivity index (χ0) is 14.9. The van der Waals surface area contributed by atoms with Crippen molar-refractivity contribution in [3.05, 3.63) is 29.6 Å². The van der Waals surface area contributed by atoms with Gasteiger partial charge in [-0.2, -0.15) is 0 Å². The molecule has 1 heterocycles. The molecule has 0 bridgehead atoms. The van der Waals surface area contributed by atoms with Gasteiger partial charge in [0.1, 0.15) is 17.2 Å². The molecule has 3 rings (SSSR count). The van der Waals surface area contributed by atoms with Crippen LogP contribution in [0.15, 0.2) is 18.2 Å². The average molecular weight is 291 g/mol. The molecule has 2 atom stereocenters. The Morgan fingerprint density at radius 1 is 1.38 bits per heavy atom. The van der Waals surface area contributed by atoms with Crippen LogP contribution in [0.25, 0.3) is 0 Å². The van der Waals surface area contributed by atoms with Gasteiger partial charge in [-0.25, -0.2) is 4.39 Å². The zero-order valence-electron chi connectivity index (χ0n) is 13.1. The fourth-order valence-corrected chi connectivity index (χ4v) is 3.67. The Balaban J connectivity index is 1.83. The second-order valence-corrected chi connectivity index (χ2v) is 6.95. The lowest BCUT2D eigenvalue weighted by molar-refractivity contribution is 0.0122. The maximum absolute atomic E-state index is 13.6. The fraction of sp³-hybridized carbons (Fsp3) is 0.667. The lowest BCUT2D eigenvalue weighted by Crippen LogP contribution is -2.44. The van der Waals surface area contributed by atoms with Crippen molar-refractivity contribution >= 4 is 0 Å². The van der Waals surface area contributed by atoms with Crippen LogP contribution in [0.5, 0.6) is 5.75 Å². The lowest BCUT2D eigenvalue weighted by atomic mass is 9.74. The molecule has 1 aromatic carbocycles. The van der Waals surface area contributed by atoms with E-state index in [-0.39, 0.29) is 17.5 Å². The second-order valence-electron chi connectivity index (χ2n) is 6.95. The fourth-order valence-electron chi connectivity index (χ4n) is 3.67. The molecule has 0 amide bonds. The third-order valence-electron chi connectivity index (χ3n) is 4.93. The number of hydrogen-bond donors (Lipinski definition) is 1. The Kier molecular flexibility index (Phi) is 4.21. The molecule has 1 aromatic rings. The van der Waals surface area contributed by atoms with Crippen molar-refractivity contribution in [2.24, 2.45) is 5.92 Å². The van der Waals surface area contributed by atoms with Gasteiger partial charge in [0.05, 0.1) is 0 Å². The van der Waals surface area contributed by atoms with Gasteiger partial charge >= 0.3 is 0 Å². The molecule has 0 radical (unpaired) electrons. The van der Waals surface area contributed by atoms with Crippen molar-refractivity contribution in [3.63, 3.8) is 0 Å². The van der Waals surface area contributed by atoms with Crippen LogP contribution in [0.4, 0.5) is 4.39 Å². The van der Waals surface area contributed by atoms with Crippen LogP contribution in [0.1, 0.15) is 64.0 Å². The first-order valence-corrected chi connectivity index (χ1v) is 8.31. The normalized spacial score (nSPS) is 28.6. The van der Waals surface area contributed by atoms with Crippen LogP contribution in [0, 0.1) is 11.7 Å². The largest absolute Gasteiger partial charge is 0.487 e. The molecule has 0 saturated heterocycles. The minimum atomic E-state index is -0.212. The Morgan fingerprint density at radius 2 is 2.19 bits per heavy atom. The standard InChI is InChI=1S/C18H26FNO/c1-3-9-20-16-12-18(2,11-13-5-4-6-13)21-17-10-14(19)7-8-15(16)17/h7-8,10,13,16,20H,3-6,9,11-12H2,1-2H3. The molecule has 116 valence electrons. The summed E-state index contributed by atoms with van der Waals surface area (Å²) >= 11 is 0. The van der Waals surface area contributed by atoms with E-state index in [1.807, 2.05) is 6.07 Å². The van der Waals surface area contributed by atoms with Gasteiger partial charge in [0, 0.05) is 24.1 Å². The van der Waals surface area contributed by atoms with Crippen molar-refractivity contribution in [1.82, 2.24) is 5.32 Å². The first-order valence-electron chi connectivity index (χ1n) is 8.31. The predicted octanol–water partition coefficient (Wildman–Crippen LogP) is 4.60. The highest BCUT2D eigenvalue weighted by atomic mass is 19.1. The van der Waals surface area contributed by atoms with Crippen molar-refractivity contribution in [2.75, 3.05) is 6.54 Å².